The summed E-state index contributed by atoms with van der Waals surface area (Å²) in [7, 11) is -1.68. The van der Waals surface area contributed by atoms with Gasteiger partial charge in [-0.25, -0.2) is 12.7 Å². The van der Waals surface area contributed by atoms with Gasteiger partial charge in [-0.05, 0) is 42.5 Å². The fraction of sp³-hybridized carbons (Fsp3) is 0.435. The SMILES string of the molecule is CCCS(=O)(=O)N1CCCC(C(=O)NC(c2ccccc2)c2ccc(OC)cc2)C1. The zero-order valence-electron chi connectivity index (χ0n) is 17.6. The van der Waals surface area contributed by atoms with Crippen LogP contribution in [0.15, 0.2) is 54.6 Å². The second kappa shape index (κ2) is 10.1. The fourth-order valence-electron chi connectivity index (χ4n) is 3.86. The highest BCUT2D eigenvalue weighted by atomic mass is 32.2. The fourth-order valence-corrected chi connectivity index (χ4v) is 5.45. The summed E-state index contributed by atoms with van der Waals surface area (Å²) in [4.78, 5) is 13.2. The Labute approximate surface area is 179 Å². The molecule has 7 heteroatoms. The van der Waals surface area contributed by atoms with Gasteiger partial charge in [-0.15, -0.1) is 0 Å². The normalized spacial score (nSPS) is 18.5. The Hall–Kier alpha value is -2.38. The summed E-state index contributed by atoms with van der Waals surface area (Å²) < 4.78 is 31.6. The van der Waals surface area contributed by atoms with Crippen LogP contribution in [0.5, 0.6) is 5.75 Å². The van der Waals surface area contributed by atoms with E-state index in [4.69, 9.17) is 4.74 Å². The average Bonchev–Trinajstić information content (AvgIpc) is 2.78. The quantitative estimate of drug-likeness (QED) is 0.697. The van der Waals surface area contributed by atoms with Crippen molar-refractivity contribution in [2.24, 2.45) is 5.92 Å². The van der Waals surface area contributed by atoms with Gasteiger partial charge < -0.3 is 10.1 Å². The van der Waals surface area contributed by atoms with Crippen LogP contribution in [0.4, 0.5) is 0 Å². The highest BCUT2D eigenvalue weighted by molar-refractivity contribution is 7.89. The molecule has 1 heterocycles. The lowest BCUT2D eigenvalue weighted by atomic mass is 9.95. The molecule has 0 aliphatic carbocycles. The predicted molar refractivity (Wildman–Crippen MR) is 118 cm³/mol. The van der Waals surface area contributed by atoms with Crippen molar-refractivity contribution < 1.29 is 17.9 Å². The molecule has 2 aromatic rings. The Morgan fingerprint density at radius 1 is 1.13 bits per heavy atom. The van der Waals surface area contributed by atoms with Gasteiger partial charge in [0, 0.05) is 13.1 Å². The Kier molecular flexibility index (Phi) is 7.50. The number of nitrogens with one attached hydrogen (secondary N) is 1. The van der Waals surface area contributed by atoms with Crippen LogP contribution in [0.2, 0.25) is 0 Å². The summed E-state index contributed by atoms with van der Waals surface area (Å²) in [5.41, 5.74) is 1.92. The van der Waals surface area contributed by atoms with Crippen molar-refractivity contribution in [2.45, 2.75) is 32.2 Å². The van der Waals surface area contributed by atoms with E-state index in [9.17, 15) is 13.2 Å². The maximum Gasteiger partial charge on any atom is 0.225 e. The van der Waals surface area contributed by atoms with E-state index in [0.29, 0.717) is 25.8 Å². The van der Waals surface area contributed by atoms with Crippen molar-refractivity contribution in [3.63, 3.8) is 0 Å². The van der Waals surface area contributed by atoms with Gasteiger partial charge in [0.05, 0.1) is 24.8 Å². The molecule has 1 N–H and O–H groups in total. The van der Waals surface area contributed by atoms with Gasteiger partial charge in [-0.1, -0.05) is 49.4 Å². The molecule has 30 heavy (non-hydrogen) atoms. The maximum atomic E-state index is 13.2. The van der Waals surface area contributed by atoms with Gasteiger partial charge in [0.15, 0.2) is 0 Å². The van der Waals surface area contributed by atoms with E-state index in [1.807, 2.05) is 61.5 Å². The largest absolute Gasteiger partial charge is 0.497 e. The molecule has 162 valence electrons. The summed E-state index contributed by atoms with van der Waals surface area (Å²) >= 11 is 0. The minimum absolute atomic E-state index is 0.115. The van der Waals surface area contributed by atoms with E-state index >= 15 is 0 Å². The summed E-state index contributed by atoms with van der Waals surface area (Å²) in [5.74, 6) is 0.409. The highest BCUT2D eigenvalue weighted by Crippen LogP contribution is 2.26. The van der Waals surface area contributed by atoms with Gasteiger partial charge in [-0.2, -0.15) is 0 Å². The molecule has 3 rings (SSSR count). The lowest BCUT2D eigenvalue weighted by Gasteiger charge is -2.32. The first-order valence-electron chi connectivity index (χ1n) is 10.4. The Bertz CT molecular complexity index is 929. The molecular formula is C23H30N2O4S. The molecule has 2 atom stereocenters. The third-order valence-corrected chi connectivity index (χ3v) is 7.52. The maximum absolute atomic E-state index is 13.2. The first-order valence-corrected chi connectivity index (χ1v) is 12.0. The molecule has 0 bridgehead atoms. The summed E-state index contributed by atoms with van der Waals surface area (Å²) in [6.07, 6.45) is 1.96. The molecule has 0 saturated carbocycles. The summed E-state index contributed by atoms with van der Waals surface area (Å²) in [5, 5.41) is 3.16. The van der Waals surface area contributed by atoms with E-state index in [1.54, 1.807) is 7.11 Å². The van der Waals surface area contributed by atoms with Crippen LogP contribution in [0.3, 0.4) is 0 Å². The molecule has 0 radical (unpaired) electrons. The number of sulfonamides is 1. The van der Waals surface area contributed by atoms with Crippen molar-refractivity contribution in [3.8, 4) is 5.75 Å². The van der Waals surface area contributed by atoms with Crippen LogP contribution in [0.1, 0.15) is 43.4 Å². The minimum Gasteiger partial charge on any atom is -0.497 e. The van der Waals surface area contributed by atoms with Gasteiger partial charge in [0.2, 0.25) is 15.9 Å². The standard InChI is InChI=1S/C23H30N2O4S/c1-3-16-30(27,28)25-15-7-10-20(17-25)23(26)24-22(18-8-5-4-6-9-18)19-11-13-21(29-2)14-12-19/h4-6,8-9,11-14,20,22H,3,7,10,15-17H2,1-2H3,(H,24,26). The highest BCUT2D eigenvalue weighted by Gasteiger charge is 2.33. The number of rotatable bonds is 8. The first-order chi connectivity index (χ1) is 14.4. The molecule has 2 aromatic carbocycles. The molecule has 0 spiro atoms. The smallest absolute Gasteiger partial charge is 0.225 e. The van der Waals surface area contributed by atoms with Crippen molar-refractivity contribution >= 4 is 15.9 Å². The van der Waals surface area contributed by atoms with Crippen LogP contribution in [-0.4, -0.2) is 44.6 Å². The van der Waals surface area contributed by atoms with Crippen LogP contribution in [0, 0.1) is 5.92 Å². The Balaban J connectivity index is 1.79. The number of benzene rings is 2. The predicted octanol–water partition coefficient (Wildman–Crippen LogP) is 3.35. The second-order valence-electron chi connectivity index (χ2n) is 7.64. The molecule has 1 fully saturated rings. The molecule has 1 aliphatic rings. The van der Waals surface area contributed by atoms with E-state index in [-0.39, 0.29) is 30.2 Å². The van der Waals surface area contributed by atoms with Crippen molar-refractivity contribution in [2.75, 3.05) is 26.0 Å². The first kappa shape index (κ1) is 22.3. The van der Waals surface area contributed by atoms with Crippen LogP contribution < -0.4 is 10.1 Å². The second-order valence-corrected chi connectivity index (χ2v) is 9.73. The monoisotopic (exact) mass is 430 g/mol. The number of amides is 1. The number of carbonyl (C=O) groups is 1. The lowest BCUT2D eigenvalue weighted by molar-refractivity contribution is -0.126. The molecular weight excluding hydrogens is 400 g/mol. The molecule has 6 nitrogen and oxygen atoms in total. The molecule has 1 amide bonds. The molecule has 2 unspecified atom stereocenters. The van der Waals surface area contributed by atoms with Gasteiger partial charge in [0.1, 0.15) is 5.75 Å². The van der Waals surface area contributed by atoms with Crippen LogP contribution in [-0.2, 0) is 14.8 Å². The number of piperidine rings is 1. The van der Waals surface area contributed by atoms with E-state index in [2.05, 4.69) is 5.32 Å². The average molecular weight is 431 g/mol. The third kappa shape index (κ3) is 5.40. The number of hydrogen-bond acceptors (Lipinski definition) is 4. The zero-order valence-corrected chi connectivity index (χ0v) is 18.4. The zero-order chi connectivity index (χ0) is 21.6. The van der Waals surface area contributed by atoms with E-state index < -0.39 is 10.0 Å². The minimum atomic E-state index is -3.30. The summed E-state index contributed by atoms with van der Waals surface area (Å²) in [6, 6.07) is 17.1. The van der Waals surface area contributed by atoms with Crippen LogP contribution in [0.25, 0.3) is 0 Å². The van der Waals surface area contributed by atoms with Gasteiger partial charge >= 0.3 is 0 Å². The number of carbonyl (C=O) groups excluding carboxylic acids is 1. The molecule has 1 saturated heterocycles. The van der Waals surface area contributed by atoms with Gasteiger partial charge in [-0.3, -0.25) is 4.79 Å². The molecule has 0 aromatic heterocycles. The van der Waals surface area contributed by atoms with E-state index in [1.165, 1.54) is 4.31 Å². The number of nitrogens with zero attached hydrogens (tertiary/aromatic N) is 1. The van der Waals surface area contributed by atoms with Crippen molar-refractivity contribution in [1.82, 2.24) is 9.62 Å². The van der Waals surface area contributed by atoms with Gasteiger partial charge in [0.25, 0.3) is 0 Å². The number of ether oxygens (including phenoxy) is 1. The Morgan fingerprint density at radius 3 is 2.43 bits per heavy atom. The number of methoxy groups -OCH3 is 1. The molecule has 1 aliphatic heterocycles. The third-order valence-electron chi connectivity index (χ3n) is 5.48. The van der Waals surface area contributed by atoms with Crippen LogP contribution >= 0.6 is 0 Å². The van der Waals surface area contributed by atoms with Crippen molar-refractivity contribution in [3.05, 3.63) is 65.7 Å². The number of hydrogen-bond donors (Lipinski definition) is 1. The van der Waals surface area contributed by atoms with Crippen molar-refractivity contribution in [1.29, 1.82) is 0 Å². The Morgan fingerprint density at radius 2 is 1.80 bits per heavy atom. The lowest BCUT2D eigenvalue weighted by Crippen LogP contribution is -2.46. The summed E-state index contributed by atoms with van der Waals surface area (Å²) in [6.45, 7) is 2.59. The van der Waals surface area contributed by atoms with E-state index in [0.717, 1.165) is 16.9 Å². The topological polar surface area (TPSA) is 75.7 Å².